The fraction of sp³-hybridized carbons (Fsp3) is 0.889. The van der Waals surface area contributed by atoms with Crippen LogP contribution in [0.4, 0.5) is 0 Å². The van der Waals surface area contributed by atoms with Crippen molar-refractivity contribution in [2.45, 2.75) is 44.0 Å². The van der Waals surface area contributed by atoms with E-state index in [1.165, 1.54) is 0 Å². The highest BCUT2D eigenvalue weighted by Crippen LogP contribution is 2.05. The highest BCUT2D eigenvalue weighted by Gasteiger charge is 2.34. The van der Waals surface area contributed by atoms with Gasteiger partial charge < -0.3 is 36.0 Å². The average molecular weight is 253 g/mol. The van der Waals surface area contributed by atoms with Gasteiger partial charge in [0.2, 0.25) is 0 Å². The molecule has 1 amide bonds. The molecule has 5 unspecified atom stereocenters. The molecule has 7 N–H and O–H groups in total. The third-order valence-corrected chi connectivity index (χ3v) is 2.22. The van der Waals surface area contributed by atoms with Crippen LogP contribution in [0, 0.1) is 0 Å². The molecule has 0 rings (SSSR count). The first kappa shape index (κ1) is 16.2. The van der Waals surface area contributed by atoms with Crippen LogP contribution in [0.2, 0.25) is 0 Å². The van der Waals surface area contributed by atoms with Crippen molar-refractivity contribution in [1.82, 2.24) is 5.32 Å². The van der Waals surface area contributed by atoms with Crippen molar-refractivity contribution >= 4 is 5.91 Å². The molecule has 0 aliphatic carbocycles. The van der Waals surface area contributed by atoms with Crippen LogP contribution < -0.4 is 5.32 Å². The number of rotatable bonds is 7. The van der Waals surface area contributed by atoms with E-state index in [-0.39, 0.29) is 6.42 Å². The molecule has 17 heavy (non-hydrogen) atoms. The van der Waals surface area contributed by atoms with Crippen molar-refractivity contribution < 1.29 is 35.4 Å². The van der Waals surface area contributed by atoms with Gasteiger partial charge in [-0.2, -0.15) is 0 Å². The van der Waals surface area contributed by atoms with Gasteiger partial charge in [0.15, 0.2) is 6.10 Å². The molecule has 0 saturated heterocycles. The van der Waals surface area contributed by atoms with Crippen LogP contribution in [0.1, 0.15) is 13.3 Å². The Balaban J connectivity index is 4.38. The highest BCUT2D eigenvalue weighted by atomic mass is 16.4. The SMILES string of the molecule is CCC(O)NC(=O)C(O)C(O)C(O)C(O)CO. The fourth-order valence-corrected chi connectivity index (χ4v) is 1.03. The molecule has 0 aromatic heterocycles. The van der Waals surface area contributed by atoms with Crippen LogP contribution in [0.3, 0.4) is 0 Å². The Hall–Kier alpha value is -0.770. The van der Waals surface area contributed by atoms with E-state index in [1.807, 2.05) is 5.32 Å². The normalized spacial score (nSPS) is 20.2. The summed E-state index contributed by atoms with van der Waals surface area (Å²) in [6, 6.07) is 0. The van der Waals surface area contributed by atoms with Gasteiger partial charge in [0.25, 0.3) is 5.91 Å². The predicted octanol–water partition coefficient (Wildman–Crippen LogP) is -3.73. The second-order valence-corrected chi connectivity index (χ2v) is 3.61. The lowest BCUT2D eigenvalue weighted by atomic mass is 10.0. The Morgan fingerprint density at radius 2 is 1.65 bits per heavy atom. The smallest absolute Gasteiger partial charge is 0.253 e. The minimum Gasteiger partial charge on any atom is -0.394 e. The Morgan fingerprint density at radius 1 is 1.12 bits per heavy atom. The predicted molar refractivity (Wildman–Crippen MR) is 55.6 cm³/mol. The van der Waals surface area contributed by atoms with Crippen LogP contribution in [-0.2, 0) is 4.79 Å². The zero-order valence-electron chi connectivity index (χ0n) is 9.39. The zero-order valence-corrected chi connectivity index (χ0v) is 9.39. The Kier molecular flexibility index (Phi) is 7.19. The largest absolute Gasteiger partial charge is 0.394 e. The maximum atomic E-state index is 11.2. The van der Waals surface area contributed by atoms with Gasteiger partial charge in [-0.15, -0.1) is 0 Å². The third kappa shape index (κ3) is 4.94. The van der Waals surface area contributed by atoms with E-state index in [0.29, 0.717) is 0 Å². The molecule has 102 valence electrons. The van der Waals surface area contributed by atoms with Crippen molar-refractivity contribution in [3.8, 4) is 0 Å². The molecule has 0 heterocycles. The van der Waals surface area contributed by atoms with Gasteiger partial charge in [0.1, 0.15) is 24.5 Å². The van der Waals surface area contributed by atoms with Gasteiger partial charge in [-0.25, -0.2) is 0 Å². The van der Waals surface area contributed by atoms with E-state index in [4.69, 9.17) is 15.3 Å². The number of carbonyl (C=O) groups is 1. The third-order valence-electron chi connectivity index (χ3n) is 2.22. The summed E-state index contributed by atoms with van der Waals surface area (Å²) >= 11 is 0. The molecular formula is C9H19NO7. The molecule has 0 spiro atoms. The Bertz CT molecular complexity index is 237. The lowest BCUT2D eigenvalue weighted by Crippen LogP contribution is -2.53. The lowest BCUT2D eigenvalue weighted by molar-refractivity contribution is -0.151. The molecule has 0 aliphatic rings. The first-order chi connectivity index (χ1) is 7.84. The molecule has 0 aromatic rings. The van der Waals surface area contributed by atoms with E-state index >= 15 is 0 Å². The summed E-state index contributed by atoms with van der Waals surface area (Å²) in [6.45, 7) is 0.752. The first-order valence-electron chi connectivity index (χ1n) is 5.16. The number of aliphatic hydroxyl groups excluding tert-OH is 6. The molecule has 0 aromatic carbocycles. The summed E-state index contributed by atoms with van der Waals surface area (Å²) in [5.41, 5.74) is 0. The number of carbonyl (C=O) groups excluding carboxylic acids is 1. The van der Waals surface area contributed by atoms with Crippen molar-refractivity contribution in [1.29, 1.82) is 0 Å². The van der Waals surface area contributed by atoms with E-state index < -0.39 is 43.2 Å². The second-order valence-electron chi connectivity index (χ2n) is 3.61. The summed E-state index contributed by atoms with van der Waals surface area (Å²) in [7, 11) is 0. The van der Waals surface area contributed by atoms with Gasteiger partial charge in [0.05, 0.1) is 6.61 Å². The summed E-state index contributed by atoms with van der Waals surface area (Å²) in [5, 5.41) is 56.5. The molecule has 0 radical (unpaired) electrons. The van der Waals surface area contributed by atoms with Crippen LogP contribution in [0.15, 0.2) is 0 Å². The molecule has 5 atom stereocenters. The highest BCUT2D eigenvalue weighted by molar-refractivity contribution is 5.81. The molecule has 0 aliphatic heterocycles. The van der Waals surface area contributed by atoms with Gasteiger partial charge in [-0.1, -0.05) is 6.92 Å². The Labute approximate surface area is 98.1 Å². The number of nitrogens with one attached hydrogen (secondary N) is 1. The van der Waals surface area contributed by atoms with E-state index in [2.05, 4.69) is 0 Å². The van der Waals surface area contributed by atoms with Crippen LogP contribution in [0.25, 0.3) is 0 Å². The van der Waals surface area contributed by atoms with Crippen LogP contribution >= 0.6 is 0 Å². The van der Waals surface area contributed by atoms with Gasteiger partial charge in [-0.3, -0.25) is 4.79 Å². The number of amides is 1. The molecule has 0 fully saturated rings. The standard InChI is InChI=1S/C9H19NO7/c1-2-5(13)10-9(17)8(16)7(15)6(14)4(12)3-11/h4-8,11-16H,2-3H2,1H3,(H,10,17). The molecule has 8 heteroatoms. The number of aliphatic hydroxyl groups is 6. The monoisotopic (exact) mass is 253 g/mol. The van der Waals surface area contributed by atoms with Crippen LogP contribution in [0.5, 0.6) is 0 Å². The summed E-state index contributed by atoms with van der Waals surface area (Å²) in [5.74, 6) is -1.09. The quantitative estimate of drug-likeness (QED) is 0.230. The van der Waals surface area contributed by atoms with Crippen LogP contribution in [-0.4, -0.2) is 73.8 Å². The minimum absolute atomic E-state index is 0.205. The minimum atomic E-state index is -2.02. The summed E-state index contributed by atoms with van der Waals surface area (Å²) in [6.07, 6.45) is -8.52. The second kappa shape index (κ2) is 7.54. The zero-order chi connectivity index (χ0) is 13.6. The molecule has 0 saturated carbocycles. The van der Waals surface area contributed by atoms with E-state index in [9.17, 15) is 20.1 Å². The molecule has 0 bridgehead atoms. The topological polar surface area (TPSA) is 150 Å². The van der Waals surface area contributed by atoms with Crippen molar-refractivity contribution in [3.63, 3.8) is 0 Å². The number of hydrogen-bond acceptors (Lipinski definition) is 7. The summed E-state index contributed by atoms with van der Waals surface area (Å²) in [4.78, 5) is 11.2. The lowest BCUT2D eigenvalue weighted by Gasteiger charge is -2.25. The summed E-state index contributed by atoms with van der Waals surface area (Å²) < 4.78 is 0. The Morgan fingerprint density at radius 3 is 2.06 bits per heavy atom. The molecule has 8 nitrogen and oxygen atoms in total. The molecular weight excluding hydrogens is 234 g/mol. The van der Waals surface area contributed by atoms with E-state index in [1.54, 1.807) is 6.92 Å². The van der Waals surface area contributed by atoms with Gasteiger partial charge in [0, 0.05) is 0 Å². The maximum Gasteiger partial charge on any atom is 0.253 e. The van der Waals surface area contributed by atoms with E-state index in [0.717, 1.165) is 0 Å². The first-order valence-corrected chi connectivity index (χ1v) is 5.16. The maximum absolute atomic E-state index is 11.2. The van der Waals surface area contributed by atoms with Gasteiger partial charge >= 0.3 is 0 Å². The van der Waals surface area contributed by atoms with Crippen molar-refractivity contribution in [3.05, 3.63) is 0 Å². The van der Waals surface area contributed by atoms with Gasteiger partial charge in [-0.05, 0) is 6.42 Å². The number of hydrogen-bond donors (Lipinski definition) is 7. The van der Waals surface area contributed by atoms with Crippen molar-refractivity contribution in [2.75, 3.05) is 6.61 Å². The fourth-order valence-electron chi connectivity index (χ4n) is 1.03. The average Bonchev–Trinajstić information content (AvgIpc) is 2.34. The van der Waals surface area contributed by atoms with Crippen molar-refractivity contribution in [2.24, 2.45) is 0 Å².